The Bertz CT molecular complexity index is 1100. The molecule has 2 aromatic carbocycles. The number of halogens is 3. The lowest BCUT2D eigenvalue weighted by Crippen LogP contribution is -2.27. The second-order valence-electron chi connectivity index (χ2n) is 6.06. The molecule has 0 bridgehead atoms. The topological polar surface area (TPSA) is 82.5 Å². The fourth-order valence-electron chi connectivity index (χ4n) is 2.64. The van der Waals surface area contributed by atoms with Crippen LogP contribution in [0.5, 0.6) is 11.5 Å². The van der Waals surface area contributed by atoms with E-state index in [1.54, 1.807) is 24.3 Å². The Hall–Kier alpha value is -3.82. The number of methoxy groups -OCH3 is 1. The third-order valence-corrected chi connectivity index (χ3v) is 3.95. The van der Waals surface area contributed by atoms with Crippen molar-refractivity contribution in [2.24, 2.45) is 0 Å². The molecule has 156 valence electrons. The van der Waals surface area contributed by atoms with Gasteiger partial charge in [-0.25, -0.2) is 4.98 Å². The van der Waals surface area contributed by atoms with Gasteiger partial charge in [0.05, 0.1) is 19.1 Å². The summed E-state index contributed by atoms with van der Waals surface area (Å²) in [4.78, 5) is 28.7. The number of hydrogen-bond donors (Lipinski definition) is 1. The molecule has 3 aromatic rings. The van der Waals surface area contributed by atoms with E-state index in [0.717, 1.165) is 16.7 Å². The third kappa shape index (κ3) is 5.37. The number of ether oxygens (including phenoxy) is 2. The summed E-state index contributed by atoms with van der Waals surface area (Å²) in [6.45, 7) is -0.321. The van der Waals surface area contributed by atoms with Crippen molar-refractivity contribution in [1.29, 1.82) is 0 Å². The lowest BCUT2D eigenvalue weighted by Gasteiger charge is -2.11. The number of benzene rings is 2. The number of hydrogen-bond acceptors (Lipinski definition) is 5. The quantitative estimate of drug-likeness (QED) is 0.662. The number of rotatable bonds is 6. The average Bonchev–Trinajstić information content (AvgIpc) is 2.70. The lowest BCUT2D eigenvalue weighted by atomic mass is 10.1. The Morgan fingerprint density at radius 2 is 1.83 bits per heavy atom. The van der Waals surface area contributed by atoms with E-state index in [9.17, 15) is 22.8 Å². The zero-order valence-electron chi connectivity index (χ0n) is 15.6. The number of alkyl halides is 3. The molecule has 1 amide bonds. The first kappa shape index (κ1) is 20.9. The molecule has 0 saturated carbocycles. The Balaban J connectivity index is 1.68. The predicted molar refractivity (Wildman–Crippen MR) is 102 cm³/mol. The minimum absolute atomic E-state index is 0.251. The molecule has 0 aliphatic rings. The number of amides is 1. The molecule has 1 aromatic heterocycles. The van der Waals surface area contributed by atoms with Gasteiger partial charge in [0.25, 0.3) is 5.56 Å². The molecule has 0 unspecified atom stereocenters. The van der Waals surface area contributed by atoms with Crippen molar-refractivity contribution in [3.05, 3.63) is 71.3 Å². The van der Waals surface area contributed by atoms with Crippen molar-refractivity contribution in [3.63, 3.8) is 0 Å². The number of para-hydroxylation sites is 1. The van der Waals surface area contributed by atoms with Crippen molar-refractivity contribution < 1.29 is 27.4 Å². The Labute approximate surface area is 168 Å². The van der Waals surface area contributed by atoms with Crippen LogP contribution >= 0.6 is 0 Å². The van der Waals surface area contributed by atoms with Gasteiger partial charge in [-0.3, -0.25) is 14.2 Å². The molecule has 10 heteroatoms. The third-order valence-electron chi connectivity index (χ3n) is 3.95. The highest BCUT2D eigenvalue weighted by Crippen LogP contribution is 2.27. The maximum absolute atomic E-state index is 12.4. The summed E-state index contributed by atoms with van der Waals surface area (Å²) in [5.41, 5.74) is 0.834. The molecule has 0 radical (unpaired) electrons. The van der Waals surface area contributed by atoms with E-state index in [1.807, 2.05) is 0 Å². The van der Waals surface area contributed by atoms with Crippen LogP contribution in [0.4, 0.5) is 18.9 Å². The molecule has 0 aliphatic heterocycles. The van der Waals surface area contributed by atoms with Crippen molar-refractivity contribution in [2.75, 3.05) is 12.4 Å². The number of aromatic nitrogens is 2. The first-order valence-electron chi connectivity index (χ1n) is 8.61. The van der Waals surface area contributed by atoms with E-state index >= 15 is 0 Å². The molecule has 0 spiro atoms. The van der Waals surface area contributed by atoms with Crippen LogP contribution in [-0.4, -0.2) is 28.9 Å². The molecule has 0 saturated heterocycles. The largest absolute Gasteiger partial charge is 0.573 e. The van der Waals surface area contributed by atoms with Gasteiger partial charge in [0, 0.05) is 17.3 Å². The summed E-state index contributed by atoms with van der Waals surface area (Å²) in [5, 5.41) is 2.49. The summed E-state index contributed by atoms with van der Waals surface area (Å²) in [5.74, 6) is -0.404. The van der Waals surface area contributed by atoms with Crippen LogP contribution in [-0.2, 0) is 11.3 Å². The van der Waals surface area contributed by atoms with E-state index in [0.29, 0.717) is 17.0 Å². The van der Waals surface area contributed by atoms with Gasteiger partial charge in [0.2, 0.25) is 5.91 Å². The van der Waals surface area contributed by atoms with Crippen molar-refractivity contribution in [3.8, 4) is 22.8 Å². The highest BCUT2D eigenvalue weighted by Gasteiger charge is 2.30. The summed E-state index contributed by atoms with van der Waals surface area (Å²) >= 11 is 0. The normalized spacial score (nSPS) is 11.1. The molecule has 30 heavy (non-hydrogen) atoms. The van der Waals surface area contributed by atoms with E-state index in [-0.39, 0.29) is 12.2 Å². The second kappa shape index (κ2) is 8.68. The van der Waals surface area contributed by atoms with Gasteiger partial charge in [-0.1, -0.05) is 12.1 Å². The second-order valence-corrected chi connectivity index (χ2v) is 6.06. The zero-order valence-corrected chi connectivity index (χ0v) is 15.6. The van der Waals surface area contributed by atoms with Gasteiger partial charge in [-0.2, -0.15) is 0 Å². The number of nitrogens with zero attached hydrogens (tertiary/aromatic N) is 2. The van der Waals surface area contributed by atoms with Crippen LogP contribution in [0, 0.1) is 0 Å². The lowest BCUT2D eigenvalue weighted by molar-refractivity contribution is -0.274. The van der Waals surface area contributed by atoms with E-state index in [1.165, 1.54) is 31.6 Å². The number of carbonyl (C=O) groups excluding carboxylic acids is 1. The fraction of sp³-hybridized carbons (Fsp3) is 0.150. The molecule has 0 aliphatic carbocycles. The molecule has 3 rings (SSSR count). The molecular weight excluding hydrogens is 403 g/mol. The molecule has 1 N–H and O–H groups in total. The smallest absolute Gasteiger partial charge is 0.496 e. The molecule has 0 atom stereocenters. The van der Waals surface area contributed by atoms with Gasteiger partial charge in [-0.15, -0.1) is 13.2 Å². The average molecular weight is 419 g/mol. The molecule has 1 heterocycles. The maximum atomic E-state index is 12.4. The van der Waals surface area contributed by atoms with Crippen LogP contribution in [0.2, 0.25) is 0 Å². The monoisotopic (exact) mass is 419 g/mol. The van der Waals surface area contributed by atoms with Crippen molar-refractivity contribution in [2.45, 2.75) is 12.9 Å². The first-order valence-corrected chi connectivity index (χ1v) is 8.61. The summed E-state index contributed by atoms with van der Waals surface area (Å²) in [6, 6.07) is 13.0. The van der Waals surface area contributed by atoms with Crippen LogP contribution in [0.1, 0.15) is 0 Å². The van der Waals surface area contributed by atoms with Crippen molar-refractivity contribution >= 4 is 11.6 Å². The van der Waals surface area contributed by atoms with Crippen LogP contribution in [0.3, 0.4) is 0 Å². The molecule has 7 nitrogen and oxygen atoms in total. The molecule has 0 fully saturated rings. The van der Waals surface area contributed by atoms with E-state index in [2.05, 4.69) is 15.0 Å². The first-order chi connectivity index (χ1) is 14.2. The highest BCUT2D eigenvalue weighted by molar-refractivity contribution is 5.90. The van der Waals surface area contributed by atoms with Gasteiger partial charge in [0.1, 0.15) is 18.0 Å². The fourth-order valence-corrected chi connectivity index (χ4v) is 2.64. The van der Waals surface area contributed by atoms with Crippen molar-refractivity contribution in [1.82, 2.24) is 9.55 Å². The summed E-state index contributed by atoms with van der Waals surface area (Å²) in [6.07, 6.45) is -3.56. The maximum Gasteiger partial charge on any atom is 0.573 e. The standard InChI is InChI=1S/C20H16F3N3O4/c1-29-17-5-3-2-4-15(17)16-10-19(28)26(12-24-16)11-18(27)25-13-6-8-14(9-7-13)30-20(21,22)23/h2-10,12H,11H2,1H3,(H,25,27). The van der Waals surface area contributed by atoms with Gasteiger partial charge in [0.15, 0.2) is 0 Å². The number of carbonyl (C=O) groups is 1. The Morgan fingerprint density at radius 3 is 2.47 bits per heavy atom. The molecular formula is C20H16F3N3O4. The Morgan fingerprint density at radius 1 is 1.13 bits per heavy atom. The van der Waals surface area contributed by atoms with E-state index in [4.69, 9.17) is 4.74 Å². The van der Waals surface area contributed by atoms with Gasteiger partial charge in [-0.05, 0) is 36.4 Å². The van der Waals surface area contributed by atoms with Crippen LogP contribution in [0.25, 0.3) is 11.3 Å². The van der Waals surface area contributed by atoms with Gasteiger partial charge >= 0.3 is 6.36 Å². The minimum Gasteiger partial charge on any atom is -0.496 e. The summed E-state index contributed by atoms with van der Waals surface area (Å²) < 4.78 is 46.6. The zero-order chi connectivity index (χ0) is 21.7. The number of nitrogens with one attached hydrogen (secondary N) is 1. The SMILES string of the molecule is COc1ccccc1-c1cc(=O)n(CC(=O)Nc2ccc(OC(F)(F)F)cc2)cn1. The predicted octanol–water partition coefficient (Wildman–Crippen LogP) is 3.46. The highest BCUT2D eigenvalue weighted by atomic mass is 19.4. The number of anilines is 1. The van der Waals surface area contributed by atoms with Gasteiger partial charge < -0.3 is 14.8 Å². The van der Waals surface area contributed by atoms with E-state index < -0.39 is 23.6 Å². The van der Waals surface area contributed by atoms with Crippen LogP contribution < -0.4 is 20.3 Å². The van der Waals surface area contributed by atoms with Crippen LogP contribution in [0.15, 0.2) is 65.7 Å². The minimum atomic E-state index is -4.80. The Kier molecular flexibility index (Phi) is 6.05. The summed E-state index contributed by atoms with van der Waals surface area (Å²) in [7, 11) is 1.51.